The van der Waals surface area contributed by atoms with Gasteiger partial charge in [0.15, 0.2) is 0 Å². The number of hydrogen-bond donors (Lipinski definition) is 2. The normalized spacial score (nSPS) is 10.0. The van der Waals surface area contributed by atoms with Crippen LogP contribution in [-0.4, -0.2) is 18.4 Å². The molecule has 0 heterocycles. The van der Waals surface area contributed by atoms with E-state index in [0.717, 1.165) is 10.0 Å². The van der Waals surface area contributed by atoms with Crippen molar-refractivity contribution >= 4 is 33.4 Å². The first-order valence-corrected chi connectivity index (χ1v) is 7.24. The number of anilines is 1. The van der Waals surface area contributed by atoms with E-state index in [2.05, 4.69) is 26.6 Å². The van der Waals surface area contributed by atoms with E-state index in [-0.39, 0.29) is 18.4 Å². The molecule has 0 saturated carbocycles. The molecule has 2 N–H and O–H groups in total. The summed E-state index contributed by atoms with van der Waals surface area (Å²) < 4.78 is 0.879. The molecule has 108 valence electrons. The Morgan fingerprint density at radius 3 is 2.48 bits per heavy atom. The van der Waals surface area contributed by atoms with Crippen LogP contribution >= 0.6 is 15.9 Å². The summed E-state index contributed by atoms with van der Waals surface area (Å²) in [4.78, 5) is 23.6. The standard InChI is InChI=1S/C16H15BrN2O2/c1-11-5-7-12(8-6-11)16(21)18-10-15(20)19-14-4-2-3-13(17)9-14/h2-9H,10H2,1H3,(H,18,21)(H,19,20). The van der Waals surface area contributed by atoms with Crippen LogP contribution in [0.25, 0.3) is 0 Å². The van der Waals surface area contributed by atoms with Crippen molar-refractivity contribution in [2.45, 2.75) is 6.92 Å². The lowest BCUT2D eigenvalue weighted by molar-refractivity contribution is -0.115. The van der Waals surface area contributed by atoms with Crippen LogP contribution in [0.3, 0.4) is 0 Å². The predicted octanol–water partition coefficient (Wildman–Crippen LogP) is 3.13. The van der Waals surface area contributed by atoms with Gasteiger partial charge in [-0.2, -0.15) is 0 Å². The van der Waals surface area contributed by atoms with Crippen molar-refractivity contribution in [2.24, 2.45) is 0 Å². The van der Waals surface area contributed by atoms with Crippen molar-refractivity contribution in [3.8, 4) is 0 Å². The second-order valence-electron chi connectivity index (χ2n) is 4.61. The average Bonchev–Trinajstić information content (AvgIpc) is 2.45. The van der Waals surface area contributed by atoms with Gasteiger partial charge in [0.1, 0.15) is 0 Å². The van der Waals surface area contributed by atoms with E-state index in [9.17, 15) is 9.59 Å². The Balaban J connectivity index is 1.86. The molecule has 0 saturated heterocycles. The predicted molar refractivity (Wildman–Crippen MR) is 86.3 cm³/mol. The molecule has 0 fully saturated rings. The van der Waals surface area contributed by atoms with Gasteiger partial charge < -0.3 is 10.6 Å². The largest absolute Gasteiger partial charge is 0.343 e. The van der Waals surface area contributed by atoms with Gasteiger partial charge in [0.2, 0.25) is 5.91 Å². The Labute approximate surface area is 131 Å². The monoisotopic (exact) mass is 346 g/mol. The fraction of sp³-hybridized carbons (Fsp3) is 0.125. The first-order chi connectivity index (χ1) is 10.0. The highest BCUT2D eigenvalue weighted by atomic mass is 79.9. The molecule has 2 aromatic carbocycles. The number of halogens is 1. The second-order valence-corrected chi connectivity index (χ2v) is 5.52. The number of amides is 2. The van der Waals surface area contributed by atoms with Gasteiger partial charge in [0, 0.05) is 15.7 Å². The van der Waals surface area contributed by atoms with E-state index in [1.54, 1.807) is 24.3 Å². The molecule has 2 rings (SSSR count). The van der Waals surface area contributed by atoms with Crippen molar-refractivity contribution in [3.63, 3.8) is 0 Å². The molecule has 0 aromatic heterocycles. The zero-order valence-corrected chi connectivity index (χ0v) is 13.1. The molecule has 0 radical (unpaired) electrons. The van der Waals surface area contributed by atoms with Crippen LogP contribution in [0.4, 0.5) is 5.69 Å². The van der Waals surface area contributed by atoms with Gasteiger partial charge in [-0.1, -0.05) is 39.7 Å². The molecule has 2 amide bonds. The summed E-state index contributed by atoms with van der Waals surface area (Å²) in [6.45, 7) is 1.88. The Morgan fingerprint density at radius 1 is 1.10 bits per heavy atom. The summed E-state index contributed by atoms with van der Waals surface area (Å²) in [5.41, 5.74) is 2.30. The molecule has 0 aliphatic rings. The molecule has 0 unspecified atom stereocenters. The summed E-state index contributed by atoms with van der Waals surface area (Å²) in [6.07, 6.45) is 0. The topological polar surface area (TPSA) is 58.2 Å². The summed E-state index contributed by atoms with van der Waals surface area (Å²) in [6, 6.07) is 14.4. The van der Waals surface area contributed by atoms with Gasteiger partial charge in [-0.05, 0) is 37.3 Å². The molecular formula is C16H15BrN2O2. The van der Waals surface area contributed by atoms with E-state index < -0.39 is 0 Å². The Hall–Kier alpha value is -2.14. The van der Waals surface area contributed by atoms with Crippen molar-refractivity contribution in [2.75, 3.05) is 11.9 Å². The molecule has 0 spiro atoms. The number of hydrogen-bond acceptors (Lipinski definition) is 2. The Bertz CT molecular complexity index is 654. The third-order valence-corrected chi connectivity index (χ3v) is 3.32. The van der Waals surface area contributed by atoms with Gasteiger partial charge in [-0.3, -0.25) is 9.59 Å². The van der Waals surface area contributed by atoms with Crippen LogP contribution in [0.1, 0.15) is 15.9 Å². The minimum atomic E-state index is -0.270. The number of aryl methyl sites for hydroxylation is 1. The van der Waals surface area contributed by atoms with Crippen LogP contribution in [0, 0.1) is 6.92 Å². The van der Waals surface area contributed by atoms with E-state index in [0.29, 0.717) is 11.3 Å². The smallest absolute Gasteiger partial charge is 0.251 e. The van der Waals surface area contributed by atoms with Crippen LogP contribution in [-0.2, 0) is 4.79 Å². The zero-order valence-electron chi connectivity index (χ0n) is 11.5. The van der Waals surface area contributed by atoms with Crippen LogP contribution in [0.15, 0.2) is 53.0 Å². The van der Waals surface area contributed by atoms with Crippen LogP contribution in [0.2, 0.25) is 0 Å². The number of carbonyl (C=O) groups excluding carboxylic acids is 2. The maximum Gasteiger partial charge on any atom is 0.251 e. The number of carbonyl (C=O) groups is 2. The molecule has 5 heteroatoms. The van der Waals surface area contributed by atoms with Crippen molar-refractivity contribution in [3.05, 3.63) is 64.1 Å². The summed E-state index contributed by atoms with van der Waals surface area (Å²) >= 11 is 3.33. The van der Waals surface area contributed by atoms with Crippen LogP contribution < -0.4 is 10.6 Å². The molecule has 0 bridgehead atoms. The van der Waals surface area contributed by atoms with E-state index in [1.165, 1.54) is 0 Å². The molecule has 0 atom stereocenters. The minimum Gasteiger partial charge on any atom is -0.343 e. The first kappa shape index (κ1) is 15.3. The van der Waals surface area contributed by atoms with Crippen molar-refractivity contribution in [1.82, 2.24) is 5.32 Å². The fourth-order valence-corrected chi connectivity index (χ4v) is 2.14. The fourth-order valence-electron chi connectivity index (χ4n) is 1.74. The summed E-state index contributed by atoms with van der Waals surface area (Å²) in [5, 5.41) is 5.31. The van der Waals surface area contributed by atoms with Gasteiger partial charge in [-0.15, -0.1) is 0 Å². The summed E-state index contributed by atoms with van der Waals surface area (Å²) in [7, 11) is 0. The minimum absolute atomic E-state index is 0.0702. The third kappa shape index (κ3) is 4.72. The Kier molecular flexibility index (Phi) is 5.11. The van der Waals surface area contributed by atoms with Crippen LogP contribution in [0.5, 0.6) is 0 Å². The van der Waals surface area contributed by atoms with Gasteiger partial charge in [0.25, 0.3) is 5.91 Å². The lowest BCUT2D eigenvalue weighted by Gasteiger charge is -2.07. The summed E-state index contributed by atoms with van der Waals surface area (Å²) in [5.74, 6) is -0.534. The maximum atomic E-state index is 11.9. The first-order valence-electron chi connectivity index (χ1n) is 6.45. The Morgan fingerprint density at radius 2 is 1.81 bits per heavy atom. The lowest BCUT2D eigenvalue weighted by Crippen LogP contribution is -2.32. The highest BCUT2D eigenvalue weighted by Crippen LogP contribution is 2.15. The number of benzene rings is 2. The van der Waals surface area contributed by atoms with Gasteiger partial charge in [0.05, 0.1) is 6.54 Å². The maximum absolute atomic E-state index is 11.9. The van der Waals surface area contributed by atoms with E-state index in [4.69, 9.17) is 0 Å². The van der Waals surface area contributed by atoms with Gasteiger partial charge >= 0.3 is 0 Å². The molecule has 21 heavy (non-hydrogen) atoms. The van der Waals surface area contributed by atoms with Gasteiger partial charge in [-0.25, -0.2) is 0 Å². The highest BCUT2D eigenvalue weighted by Gasteiger charge is 2.08. The SMILES string of the molecule is Cc1ccc(C(=O)NCC(=O)Nc2cccc(Br)c2)cc1. The number of nitrogens with one attached hydrogen (secondary N) is 2. The molecule has 0 aliphatic heterocycles. The lowest BCUT2D eigenvalue weighted by atomic mass is 10.1. The quantitative estimate of drug-likeness (QED) is 0.893. The van der Waals surface area contributed by atoms with E-state index in [1.807, 2.05) is 31.2 Å². The molecule has 4 nitrogen and oxygen atoms in total. The van der Waals surface area contributed by atoms with Crippen molar-refractivity contribution < 1.29 is 9.59 Å². The van der Waals surface area contributed by atoms with Crippen molar-refractivity contribution in [1.29, 1.82) is 0 Å². The molecular weight excluding hydrogens is 332 g/mol. The number of rotatable bonds is 4. The average molecular weight is 347 g/mol. The second kappa shape index (κ2) is 7.04. The highest BCUT2D eigenvalue weighted by molar-refractivity contribution is 9.10. The third-order valence-electron chi connectivity index (χ3n) is 2.83. The zero-order chi connectivity index (χ0) is 15.2. The molecule has 0 aliphatic carbocycles. The molecule has 2 aromatic rings. The van der Waals surface area contributed by atoms with E-state index >= 15 is 0 Å².